The maximum atomic E-state index is 12.8. The van der Waals surface area contributed by atoms with Gasteiger partial charge in [0.2, 0.25) is 5.95 Å². The van der Waals surface area contributed by atoms with Gasteiger partial charge in [-0.2, -0.15) is 18.2 Å². The first-order valence-corrected chi connectivity index (χ1v) is 10.6. The number of hydrogen-bond acceptors (Lipinski definition) is 5. The van der Waals surface area contributed by atoms with Gasteiger partial charge in [0.25, 0.3) is 5.91 Å². The van der Waals surface area contributed by atoms with Crippen molar-refractivity contribution in [2.24, 2.45) is 0 Å². The van der Waals surface area contributed by atoms with Crippen LogP contribution < -0.4 is 10.2 Å². The van der Waals surface area contributed by atoms with E-state index in [2.05, 4.69) is 15.3 Å². The van der Waals surface area contributed by atoms with Crippen molar-refractivity contribution in [3.63, 3.8) is 0 Å². The fourth-order valence-corrected chi connectivity index (χ4v) is 3.64. The molecule has 0 saturated carbocycles. The smallest absolute Gasteiger partial charge is 0.340 e. The van der Waals surface area contributed by atoms with Crippen molar-refractivity contribution in [1.82, 2.24) is 14.9 Å². The van der Waals surface area contributed by atoms with Crippen molar-refractivity contribution in [2.75, 3.05) is 36.4 Å². The van der Waals surface area contributed by atoms with Crippen LogP contribution in [-0.2, 0) is 6.18 Å². The van der Waals surface area contributed by atoms with Gasteiger partial charge in [0.1, 0.15) is 5.82 Å². The monoisotopic (exact) mass is 455 g/mol. The van der Waals surface area contributed by atoms with E-state index in [1.54, 1.807) is 4.90 Å². The molecule has 1 aliphatic heterocycles. The van der Waals surface area contributed by atoms with Crippen LogP contribution in [0.5, 0.6) is 0 Å². The van der Waals surface area contributed by atoms with Crippen LogP contribution in [0.15, 0.2) is 54.6 Å². The second-order valence-electron chi connectivity index (χ2n) is 8.04. The van der Waals surface area contributed by atoms with E-state index in [0.717, 1.165) is 23.5 Å². The highest BCUT2D eigenvalue weighted by atomic mass is 19.4. The molecule has 0 aliphatic carbocycles. The van der Waals surface area contributed by atoms with Gasteiger partial charge in [-0.3, -0.25) is 4.79 Å². The Kier molecular flexibility index (Phi) is 6.22. The number of carbonyl (C=O) groups is 1. The Morgan fingerprint density at radius 2 is 1.55 bits per heavy atom. The number of halogens is 3. The van der Waals surface area contributed by atoms with E-state index in [1.165, 1.54) is 17.7 Å². The van der Waals surface area contributed by atoms with Gasteiger partial charge in [-0.1, -0.05) is 17.7 Å². The fraction of sp³-hybridized carbons (Fsp3) is 0.292. The molecule has 172 valence electrons. The van der Waals surface area contributed by atoms with Gasteiger partial charge in [0.05, 0.1) is 5.56 Å². The number of aryl methyl sites for hydroxylation is 2. The first-order valence-electron chi connectivity index (χ1n) is 10.6. The van der Waals surface area contributed by atoms with Gasteiger partial charge in [-0.25, -0.2) is 4.98 Å². The molecule has 2 heterocycles. The van der Waals surface area contributed by atoms with E-state index in [4.69, 9.17) is 0 Å². The molecule has 1 saturated heterocycles. The van der Waals surface area contributed by atoms with Gasteiger partial charge in [-0.15, -0.1) is 0 Å². The molecule has 1 amide bonds. The molecule has 2 aromatic carbocycles. The van der Waals surface area contributed by atoms with Crippen LogP contribution in [0.25, 0.3) is 0 Å². The van der Waals surface area contributed by atoms with Crippen LogP contribution in [0.4, 0.5) is 30.6 Å². The molecule has 1 N–H and O–H groups in total. The highest BCUT2D eigenvalue weighted by Gasteiger charge is 2.31. The molecule has 0 spiro atoms. The summed E-state index contributed by atoms with van der Waals surface area (Å²) in [5.41, 5.74) is 2.39. The third kappa shape index (κ3) is 5.42. The van der Waals surface area contributed by atoms with Gasteiger partial charge in [-0.05, 0) is 50.2 Å². The largest absolute Gasteiger partial charge is 0.416 e. The van der Waals surface area contributed by atoms with Crippen molar-refractivity contribution < 1.29 is 18.0 Å². The summed E-state index contributed by atoms with van der Waals surface area (Å²) in [4.78, 5) is 25.5. The average molecular weight is 455 g/mol. The topological polar surface area (TPSA) is 61.4 Å². The Balaban J connectivity index is 1.40. The van der Waals surface area contributed by atoms with E-state index in [9.17, 15) is 18.0 Å². The zero-order valence-electron chi connectivity index (χ0n) is 18.4. The Morgan fingerprint density at radius 1 is 0.909 bits per heavy atom. The molecule has 1 aromatic heterocycles. The predicted molar refractivity (Wildman–Crippen MR) is 121 cm³/mol. The van der Waals surface area contributed by atoms with Crippen molar-refractivity contribution in [3.8, 4) is 0 Å². The third-order valence-corrected chi connectivity index (χ3v) is 5.48. The molecule has 4 rings (SSSR count). The quantitative estimate of drug-likeness (QED) is 0.611. The number of amides is 1. The Labute approximate surface area is 190 Å². The molecule has 0 radical (unpaired) electrons. The standard InChI is InChI=1S/C24H24F3N5O/c1-16-3-9-20(10-4-16)29-21-15-17(2)28-23(30-21)32-13-11-31(12-14-32)22(33)18-5-7-19(8-6-18)24(25,26)27/h3-10,15H,11-14H2,1-2H3,(H,28,29,30). The molecule has 0 bridgehead atoms. The number of piperazine rings is 1. The lowest BCUT2D eigenvalue weighted by atomic mass is 10.1. The number of alkyl halides is 3. The summed E-state index contributed by atoms with van der Waals surface area (Å²) in [6, 6.07) is 14.2. The minimum absolute atomic E-state index is 0.243. The maximum Gasteiger partial charge on any atom is 0.416 e. The first kappa shape index (κ1) is 22.6. The number of anilines is 3. The van der Waals surface area contributed by atoms with Gasteiger partial charge in [0.15, 0.2) is 0 Å². The zero-order valence-corrected chi connectivity index (χ0v) is 18.4. The van der Waals surface area contributed by atoms with Crippen LogP contribution in [0.1, 0.15) is 27.2 Å². The molecule has 0 unspecified atom stereocenters. The normalized spacial score (nSPS) is 14.3. The zero-order chi connectivity index (χ0) is 23.6. The predicted octanol–water partition coefficient (Wildman–Crippen LogP) is 4.82. The van der Waals surface area contributed by atoms with E-state index < -0.39 is 11.7 Å². The van der Waals surface area contributed by atoms with Crippen molar-refractivity contribution in [1.29, 1.82) is 0 Å². The second kappa shape index (κ2) is 9.09. The summed E-state index contributed by atoms with van der Waals surface area (Å²) in [5, 5.41) is 3.29. The van der Waals surface area contributed by atoms with Gasteiger partial charge < -0.3 is 15.1 Å². The average Bonchev–Trinajstić information content (AvgIpc) is 2.79. The number of nitrogens with one attached hydrogen (secondary N) is 1. The Bertz CT molecular complexity index is 1120. The van der Waals surface area contributed by atoms with Crippen molar-refractivity contribution in [2.45, 2.75) is 20.0 Å². The van der Waals surface area contributed by atoms with Crippen molar-refractivity contribution in [3.05, 3.63) is 77.0 Å². The van der Waals surface area contributed by atoms with Crippen LogP contribution >= 0.6 is 0 Å². The number of benzene rings is 2. The summed E-state index contributed by atoms with van der Waals surface area (Å²) in [5.74, 6) is 0.978. The number of aromatic nitrogens is 2. The molecule has 6 nitrogen and oxygen atoms in total. The van der Waals surface area contributed by atoms with Crippen LogP contribution in [0, 0.1) is 13.8 Å². The number of hydrogen-bond donors (Lipinski definition) is 1. The fourth-order valence-electron chi connectivity index (χ4n) is 3.64. The van der Waals surface area contributed by atoms with E-state index >= 15 is 0 Å². The number of rotatable bonds is 4. The molecule has 3 aromatic rings. The molecular formula is C24H24F3N5O. The number of carbonyl (C=O) groups excluding carboxylic acids is 1. The lowest BCUT2D eigenvalue weighted by molar-refractivity contribution is -0.137. The van der Waals surface area contributed by atoms with Gasteiger partial charge >= 0.3 is 6.18 Å². The van der Waals surface area contributed by atoms with Crippen LogP contribution in [0.3, 0.4) is 0 Å². The van der Waals surface area contributed by atoms with Crippen molar-refractivity contribution >= 4 is 23.4 Å². The SMILES string of the molecule is Cc1ccc(Nc2cc(C)nc(N3CCN(C(=O)c4ccc(C(F)(F)F)cc4)CC3)n2)cc1. The summed E-state index contributed by atoms with van der Waals surface area (Å²) in [6.45, 7) is 5.84. The highest BCUT2D eigenvalue weighted by molar-refractivity contribution is 5.94. The van der Waals surface area contributed by atoms with E-state index in [1.807, 2.05) is 49.1 Å². The van der Waals surface area contributed by atoms with E-state index in [0.29, 0.717) is 37.9 Å². The molecule has 0 atom stereocenters. The molecular weight excluding hydrogens is 431 g/mol. The lowest BCUT2D eigenvalue weighted by Crippen LogP contribution is -2.49. The summed E-state index contributed by atoms with van der Waals surface area (Å²) >= 11 is 0. The third-order valence-electron chi connectivity index (χ3n) is 5.48. The highest BCUT2D eigenvalue weighted by Crippen LogP contribution is 2.29. The lowest BCUT2D eigenvalue weighted by Gasteiger charge is -2.35. The first-order chi connectivity index (χ1) is 15.7. The Hall–Kier alpha value is -3.62. The molecule has 33 heavy (non-hydrogen) atoms. The Morgan fingerprint density at radius 3 is 2.15 bits per heavy atom. The summed E-state index contributed by atoms with van der Waals surface area (Å²) in [6.07, 6.45) is -4.42. The minimum Gasteiger partial charge on any atom is -0.340 e. The van der Waals surface area contributed by atoms with Crippen LogP contribution in [0.2, 0.25) is 0 Å². The summed E-state index contributed by atoms with van der Waals surface area (Å²) < 4.78 is 38.3. The van der Waals surface area contributed by atoms with E-state index in [-0.39, 0.29) is 11.5 Å². The van der Waals surface area contributed by atoms with Gasteiger partial charge in [0, 0.05) is 49.2 Å². The minimum atomic E-state index is -4.42. The maximum absolute atomic E-state index is 12.8. The van der Waals surface area contributed by atoms with Crippen LogP contribution in [-0.4, -0.2) is 47.0 Å². The molecule has 1 aliphatic rings. The summed E-state index contributed by atoms with van der Waals surface area (Å²) in [7, 11) is 0. The number of nitrogens with zero attached hydrogens (tertiary/aromatic N) is 4. The molecule has 1 fully saturated rings. The second-order valence-corrected chi connectivity index (χ2v) is 8.04. The molecule has 9 heteroatoms.